The van der Waals surface area contributed by atoms with Crippen LogP contribution in [0.1, 0.15) is 29.5 Å². The Morgan fingerprint density at radius 2 is 2.00 bits per heavy atom. The van der Waals surface area contributed by atoms with E-state index in [0.29, 0.717) is 6.04 Å². The molecule has 1 N–H and O–H groups in total. The van der Waals surface area contributed by atoms with Crippen molar-refractivity contribution in [2.45, 2.75) is 38.1 Å². The minimum Gasteiger partial charge on any atom is -0.317 e. The van der Waals surface area contributed by atoms with Gasteiger partial charge in [0.1, 0.15) is 0 Å². The van der Waals surface area contributed by atoms with Gasteiger partial charge in [-0.15, -0.1) is 0 Å². The van der Waals surface area contributed by atoms with Gasteiger partial charge in [0.05, 0.1) is 0 Å². The summed E-state index contributed by atoms with van der Waals surface area (Å²) >= 11 is 0. The number of aryl methyl sites for hydroxylation is 2. The number of likely N-dealkylation sites (N-methyl/N-ethyl adjacent to an activating group) is 1. The first-order chi connectivity index (χ1) is 8.69. The van der Waals surface area contributed by atoms with Gasteiger partial charge in [-0.25, -0.2) is 0 Å². The Bertz CT molecular complexity index is 385. The average Bonchev–Trinajstić information content (AvgIpc) is 2.81. The molecule has 0 saturated carbocycles. The summed E-state index contributed by atoms with van der Waals surface area (Å²) in [7, 11) is 6.36. The molecule has 0 spiro atoms. The Hall–Kier alpha value is -0.860. The number of rotatable bonds is 6. The van der Waals surface area contributed by atoms with Crippen LogP contribution in [0, 0.1) is 0 Å². The number of hydrogen-bond acceptors (Lipinski definition) is 2. The standard InChI is InChI=1S/C16H26N2/c1-17-16(9-10-18(2)3)12-13-7-8-14-5-4-6-15(14)11-13/h7-8,11,16-17H,4-6,9-10,12H2,1-3H3. The van der Waals surface area contributed by atoms with Gasteiger partial charge in [0.25, 0.3) is 0 Å². The highest BCUT2D eigenvalue weighted by Crippen LogP contribution is 2.23. The summed E-state index contributed by atoms with van der Waals surface area (Å²) in [4.78, 5) is 2.26. The maximum atomic E-state index is 3.45. The van der Waals surface area contributed by atoms with Crippen LogP contribution in [0.4, 0.5) is 0 Å². The molecule has 1 aromatic carbocycles. The molecule has 0 aliphatic heterocycles. The summed E-state index contributed by atoms with van der Waals surface area (Å²) in [5.41, 5.74) is 4.66. The van der Waals surface area contributed by atoms with E-state index in [1.807, 2.05) is 0 Å². The SMILES string of the molecule is CNC(CCN(C)C)Cc1ccc2c(c1)CCC2. The lowest BCUT2D eigenvalue weighted by Crippen LogP contribution is -2.31. The number of nitrogens with one attached hydrogen (secondary N) is 1. The minimum atomic E-state index is 0.590. The molecule has 1 unspecified atom stereocenters. The molecule has 2 nitrogen and oxygen atoms in total. The molecule has 1 atom stereocenters. The molecule has 0 heterocycles. The quantitative estimate of drug-likeness (QED) is 0.828. The zero-order valence-corrected chi connectivity index (χ0v) is 12.0. The lowest BCUT2D eigenvalue weighted by molar-refractivity contribution is 0.364. The van der Waals surface area contributed by atoms with Crippen molar-refractivity contribution < 1.29 is 0 Å². The number of nitrogens with zero attached hydrogens (tertiary/aromatic N) is 1. The molecule has 0 aromatic heterocycles. The zero-order chi connectivity index (χ0) is 13.0. The predicted molar refractivity (Wildman–Crippen MR) is 78.2 cm³/mol. The van der Waals surface area contributed by atoms with Crippen LogP contribution in [0.15, 0.2) is 18.2 Å². The molecule has 1 aliphatic carbocycles. The highest BCUT2D eigenvalue weighted by atomic mass is 15.1. The molecule has 0 bridgehead atoms. The summed E-state index contributed by atoms with van der Waals surface area (Å²) in [6, 6.07) is 7.69. The van der Waals surface area contributed by atoms with Crippen molar-refractivity contribution in [2.75, 3.05) is 27.7 Å². The molecule has 100 valence electrons. The number of fused-ring (bicyclic) bond motifs is 1. The van der Waals surface area contributed by atoms with Crippen LogP contribution in [0.5, 0.6) is 0 Å². The summed E-state index contributed by atoms with van der Waals surface area (Å²) in [5, 5.41) is 3.45. The van der Waals surface area contributed by atoms with Gasteiger partial charge >= 0.3 is 0 Å². The summed E-state index contributed by atoms with van der Waals surface area (Å²) in [5.74, 6) is 0. The first kappa shape index (κ1) is 13.6. The maximum absolute atomic E-state index is 3.45. The van der Waals surface area contributed by atoms with Gasteiger partial charge in [-0.3, -0.25) is 0 Å². The predicted octanol–water partition coefficient (Wildman–Crippen LogP) is 2.26. The lowest BCUT2D eigenvalue weighted by atomic mass is 9.99. The molecule has 0 fully saturated rings. The van der Waals surface area contributed by atoms with Gasteiger partial charge in [-0.1, -0.05) is 18.2 Å². The second-order valence-corrected chi connectivity index (χ2v) is 5.74. The third-order valence-corrected chi connectivity index (χ3v) is 3.98. The van der Waals surface area contributed by atoms with Crippen LogP contribution < -0.4 is 5.32 Å². The monoisotopic (exact) mass is 246 g/mol. The summed E-state index contributed by atoms with van der Waals surface area (Å²) in [6.07, 6.45) is 6.27. The van der Waals surface area contributed by atoms with Crippen molar-refractivity contribution in [1.29, 1.82) is 0 Å². The van der Waals surface area contributed by atoms with Crippen LogP contribution in [-0.4, -0.2) is 38.6 Å². The Labute approximate surface area is 111 Å². The second-order valence-electron chi connectivity index (χ2n) is 5.74. The first-order valence-corrected chi connectivity index (χ1v) is 7.11. The van der Waals surface area contributed by atoms with E-state index in [2.05, 4.69) is 49.6 Å². The first-order valence-electron chi connectivity index (χ1n) is 7.11. The van der Waals surface area contributed by atoms with E-state index in [4.69, 9.17) is 0 Å². The number of benzene rings is 1. The minimum absolute atomic E-state index is 0.590. The van der Waals surface area contributed by atoms with Crippen LogP contribution in [0.2, 0.25) is 0 Å². The van der Waals surface area contributed by atoms with E-state index in [9.17, 15) is 0 Å². The van der Waals surface area contributed by atoms with E-state index in [1.54, 1.807) is 11.1 Å². The normalized spacial score (nSPS) is 16.0. The maximum Gasteiger partial charge on any atom is 0.0117 e. The van der Waals surface area contributed by atoms with Crippen LogP contribution in [-0.2, 0) is 19.3 Å². The molecule has 1 aromatic rings. The molecular weight excluding hydrogens is 220 g/mol. The van der Waals surface area contributed by atoms with E-state index >= 15 is 0 Å². The molecule has 2 rings (SSSR count). The van der Waals surface area contributed by atoms with E-state index < -0.39 is 0 Å². The summed E-state index contributed by atoms with van der Waals surface area (Å²) in [6.45, 7) is 1.15. The largest absolute Gasteiger partial charge is 0.317 e. The van der Waals surface area contributed by atoms with Gasteiger partial charge in [-0.2, -0.15) is 0 Å². The van der Waals surface area contributed by atoms with Crippen LogP contribution >= 0.6 is 0 Å². The second kappa shape index (κ2) is 6.35. The Balaban J connectivity index is 1.94. The fraction of sp³-hybridized carbons (Fsp3) is 0.625. The van der Waals surface area contributed by atoms with Crippen molar-refractivity contribution in [3.8, 4) is 0 Å². The van der Waals surface area contributed by atoms with Gasteiger partial charge < -0.3 is 10.2 Å². The van der Waals surface area contributed by atoms with Crippen molar-refractivity contribution in [3.63, 3.8) is 0 Å². The van der Waals surface area contributed by atoms with Crippen molar-refractivity contribution in [2.24, 2.45) is 0 Å². The molecule has 0 radical (unpaired) electrons. The molecular formula is C16H26N2. The van der Waals surface area contributed by atoms with Gasteiger partial charge in [-0.05, 0) is 76.5 Å². The lowest BCUT2D eigenvalue weighted by Gasteiger charge is -2.19. The van der Waals surface area contributed by atoms with Gasteiger partial charge in [0, 0.05) is 6.04 Å². The highest BCUT2D eigenvalue weighted by molar-refractivity contribution is 5.35. The highest BCUT2D eigenvalue weighted by Gasteiger charge is 2.13. The third-order valence-electron chi connectivity index (χ3n) is 3.98. The molecule has 18 heavy (non-hydrogen) atoms. The Kier molecular flexibility index (Phi) is 4.79. The van der Waals surface area contributed by atoms with E-state index in [1.165, 1.54) is 31.2 Å². The van der Waals surface area contributed by atoms with E-state index in [0.717, 1.165) is 13.0 Å². The van der Waals surface area contributed by atoms with Crippen LogP contribution in [0.3, 0.4) is 0 Å². The Morgan fingerprint density at radius 3 is 2.72 bits per heavy atom. The smallest absolute Gasteiger partial charge is 0.0117 e. The fourth-order valence-corrected chi connectivity index (χ4v) is 2.80. The van der Waals surface area contributed by atoms with Crippen molar-refractivity contribution in [3.05, 3.63) is 34.9 Å². The molecule has 0 saturated heterocycles. The molecule has 2 heteroatoms. The zero-order valence-electron chi connectivity index (χ0n) is 12.0. The number of hydrogen-bond donors (Lipinski definition) is 1. The Morgan fingerprint density at radius 1 is 1.22 bits per heavy atom. The van der Waals surface area contributed by atoms with Gasteiger partial charge in [0.15, 0.2) is 0 Å². The third kappa shape index (κ3) is 3.56. The molecule has 1 aliphatic rings. The molecule has 0 amide bonds. The summed E-state index contributed by atoms with van der Waals surface area (Å²) < 4.78 is 0. The topological polar surface area (TPSA) is 15.3 Å². The van der Waals surface area contributed by atoms with Crippen LogP contribution in [0.25, 0.3) is 0 Å². The van der Waals surface area contributed by atoms with Crippen molar-refractivity contribution in [1.82, 2.24) is 10.2 Å². The fourth-order valence-electron chi connectivity index (χ4n) is 2.80. The van der Waals surface area contributed by atoms with Crippen molar-refractivity contribution >= 4 is 0 Å². The van der Waals surface area contributed by atoms with E-state index in [-0.39, 0.29) is 0 Å². The van der Waals surface area contributed by atoms with Gasteiger partial charge in [0.2, 0.25) is 0 Å². The average molecular weight is 246 g/mol.